The van der Waals surface area contributed by atoms with Gasteiger partial charge in [-0.3, -0.25) is 10.2 Å². The lowest BCUT2D eigenvalue weighted by atomic mass is 10.1. The molecule has 0 saturated carbocycles. The summed E-state index contributed by atoms with van der Waals surface area (Å²) in [5.41, 5.74) is 5.95. The van der Waals surface area contributed by atoms with Crippen LogP contribution in [0.3, 0.4) is 0 Å². The summed E-state index contributed by atoms with van der Waals surface area (Å²) in [6.07, 6.45) is 3.48. The number of carbonyl (C=O) groups is 1. The van der Waals surface area contributed by atoms with Gasteiger partial charge in [0.05, 0.1) is 10.6 Å². The molecule has 1 amide bonds. The van der Waals surface area contributed by atoms with Crippen molar-refractivity contribution in [2.24, 2.45) is 0 Å². The highest BCUT2D eigenvalue weighted by molar-refractivity contribution is 9.10. The number of rotatable bonds is 4. The number of amides is 1. The minimum absolute atomic E-state index is 0.123. The zero-order chi connectivity index (χ0) is 18.6. The number of piperidine rings is 1. The largest absolute Gasteiger partial charge is 0.294 e. The highest BCUT2D eigenvalue weighted by Gasteiger charge is 2.21. The lowest BCUT2D eigenvalue weighted by molar-refractivity contribution is 0.0750. The third-order valence-electron chi connectivity index (χ3n) is 4.59. The van der Waals surface area contributed by atoms with Gasteiger partial charge < -0.3 is 0 Å². The number of benzene rings is 2. The molecular formula is C21H20BrN3OS. The number of halogens is 1. The van der Waals surface area contributed by atoms with Gasteiger partial charge in [0, 0.05) is 23.1 Å². The molecule has 0 aliphatic carbocycles. The maximum atomic E-state index is 12.8. The average molecular weight is 442 g/mol. The van der Waals surface area contributed by atoms with Crippen LogP contribution in [0.2, 0.25) is 0 Å². The van der Waals surface area contributed by atoms with E-state index in [9.17, 15) is 4.79 Å². The quantitative estimate of drug-likeness (QED) is 0.591. The topological polar surface area (TPSA) is 45.2 Å². The third-order valence-corrected chi connectivity index (χ3v) is 6.22. The van der Waals surface area contributed by atoms with Gasteiger partial charge in [0.15, 0.2) is 5.01 Å². The van der Waals surface area contributed by atoms with E-state index in [4.69, 9.17) is 4.98 Å². The van der Waals surface area contributed by atoms with Gasteiger partial charge in [-0.25, -0.2) is 9.99 Å². The summed E-state index contributed by atoms with van der Waals surface area (Å²) in [5, 5.41) is 2.51. The minimum Gasteiger partial charge on any atom is -0.283 e. The molecule has 0 bridgehead atoms. The SMILES string of the molecule is O=C(NN1CCCCC1)c1nc(-c2ccc(Br)cc2)c(-c2ccccc2)s1. The molecule has 1 saturated heterocycles. The fraction of sp³-hybridized carbons (Fsp3) is 0.238. The molecule has 0 spiro atoms. The zero-order valence-electron chi connectivity index (χ0n) is 14.8. The number of nitrogens with zero attached hydrogens (tertiary/aromatic N) is 2. The van der Waals surface area contributed by atoms with E-state index >= 15 is 0 Å². The van der Waals surface area contributed by atoms with Gasteiger partial charge in [0.2, 0.25) is 0 Å². The zero-order valence-corrected chi connectivity index (χ0v) is 17.2. The Bertz CT molecular complexity index is 918. The monoisotopic (exact) mass is 441 g/mol. The molecule has 138 valence electrons. The summed E-state index contributed by atoms with van der Waals surface area (Å²) in [5.74, 6) is -0.123. The summed E-state index contributed by atoms with van der Waals surface area (Å²) in [4.78, 5) is 18.5. The lowest BCUT2D eigenvalue weighted by Crippen LogP contribution is -2.45. The first-order chi connectivity index (χ1) is 13.2. The predicted molar refractivity (Wildman–Crippen MR) is 114 cm³/mol. The van der Waals surface area contributed by atoms with Gasteiger partial charge in [-0.2, -0.15) is 0 Å². The second-order valence-electron chi connectivity index (χ2n) is 6.56. The summed E-state index contributed by atoms with van der Waals surface area (Å²) in [6, 6.07) is 18.2. The smallest absolute Gasteiger partial charge is 0.283 e. The summed E-state index contributed by atoms with van der Waals surface area (Å²) in [6.45, 7) is 1.81. The van der Waals surface area contributed by atoms with Crippen molar-refractivity contribution in [2.45, 2.75) is 19.3 Å². The molecule has 1 N–H and O–H groups in total. The molecule has 6 heteroatoms. The number of nitrogens with one attached hydrogen (secondary N) is 1. The molecule has 4 rings (SSSR count). The number of thiazole rings is 1. The Morgan fingerprint density at radius 1 is 0.963 bits per heavy atom. The average Bonchev–Trinajstić information content (AvgIpc) is 3.16. The molecule has 0 unspecified atom stereocenters. The minimum atomic E-state index is -0.123. The van der Waals surface area contributed by atoms with Crippen molar-refractivity contribution < 1.29 is 4.79 Å². The second kappa shape index (κ2) is 8.33. The van der Waals surface area contributed by atoms with Gasteiger partial charge in [0.1, 0.15) is 0 Å². The van der Waals surface area contributed by atoms with Crippen LogP contribution in [0.25, 0.3) is 21.7 Å². The Morgan fingerprint density at radius 3 is 2.37 bits per heavy atom. The molecule has 0 radical (unpaired) electrons. The van der Waals surface area contributed by atoms with Gasteiger partial charge >= 0.3 is 0 Å². The molecule has 0 atom stereocenters. The number of aromatic nitrogens is 1. The van der Waals surface area contributed by atoms with Crippen molar-refractivity contribution in [1.82, 2.24) is 15.4 Å². The molecule has 1 fully saturated rings. The summed E-state index contributed by atoms with van der Waals surface area (Å²) < 4.78 is 1.02. The molecule has 27 heavy (non-hydrogen) atoms. The van der Waals surface area contributed by atoms with E-state index in [0.717, 1.165) is 52.1 Å². The molecular weight excluding hydrogens is 422 g/mol. The van der Waals surface area contributed by atoms with E-state index < -0.39 is 0 Å². The first-order valence-corrected chi connectivity index (χ1v) is 10.7. The molecule has 1 aromatic heterocycles. The van der Waals surface area contributed by atoms with E-state index in [1.807, 2.05) is 47.5 Å². The molecule has 2 heterocycles. The van der Waals surface area contributed by atoms with Crippen LogP contribution in [0.4, 0.5) is 0 Å². The van der Waals surface area contributed by atoms with Crippen molar-refractivity contribution in [2.75, 3.05) is 13.1 Å². The van der Waals surface area contributed by atoms with Gasteiger partial charge in [-0.15, -0.1) is 11.3 Å². The van der Waals surface area contributed by atoms with Crippen LogP contribution >= 0.6 is 27.3 Å². The predicted octanol–water partition coefficient (Wildman–Crippen LogP) is 5.37. The van der Waals surface area contributed by atoms with Gasteiger partial charge in [-0.05, 0) is 30.5 Å². The van der Waals surface area contributed by atoms with E-state index in [0.29, 0.717) is 5.01 Å². The first-order valence-electron chi connectivity index (χ1n) is 9.09. The summed E-state index contributed by atoms with van der Waals surface area (Å²) in [7, 11) is 0. The van der Waals surface area contributed by atoms with Crippen LogP contribution in [0.5, 0.6) is 0 Å². The van der Waals surface area contributed by atoms with Crippen LogP contribution in [-0.4, -0.2) is 29.0 Å². The Hall–Kier alpha value is -2.02. The maximum absolute atomic E-state index is 12.8. The van der Waals surface area contributed by atoms with Gasteiger partial charge in [0.25, 0.3) is 5.91 Å². The molecule has 2 aromatic carbocycles. The molecule has 4 nitrogen and oxygen atoms in total. The maximum Gasteiger partial charge on any atom is 0.294 e. The van der Waals surface area contributed by atoms with Crippen LogP contribution in [0.15, 0.2) is 59.1 Å². The van der Waals surface area contributed by atoms with Crippen LogP contribution in [0, 0.1) is 0 Å². The molecule has 1 aliphatic heterocycles. The fourth-order valence-corrected chi connectivity index (χ4v) is 4.45. The van der Waals surface area contributed by atoms with Crippen molar-refractivity contribution in [1.29, 1.82) is 0 Å². The van der Waals surface area contributed by atoms with Crippen molar-refractivity contribution in [3.05, 3.63) is 64.1 Å². The van der Waals surface area contributed by atoms with Crippen LogP contribution < -0.4 is 5.43 Å². The van der Waals surface area contributed by atoms with Crippen molar-refractivity contribution in [3.8, 4) is 21.7 Å². The number of carbonyl (C=O) groups excluding carboxylic acids is 1. The highest BCUT2D eigenvalue weighted by atomic mass is 79.9. The Labute approximate surface area is 171 Å². The molecule has 1 aliphatic rings. The number of hydrazine groups is 1. The summed E-state index contributed by atoms with van der Waals surface area (Å²) >= 11 is 4.92. The Morgan fingerprint density at radius 2 is 1.67 bits per heavy atom. The molecule has 3 aromatic rings. The van der Waals surface area contributed by atoms with Crippen LogP contribution in [-0.2, 0) is 0 Å². The van der Waals surface area contributed by atoms with Gasteiger partial charge in [-0.1, -0.05) is 64.8 Å². The number of hydrogen-bond donors (Lipinski definition) is 1. The van der Waals surface area contributed by atoms with E-state index in [1.54, 1.807) is 0 Å². The number of hydrogen-bond acceptors (Lipinski definition) is 4. The highest BCUT2D eigenvalue weighted by Crippen LogP contribution is 2.37. The van der Waals surface area contributed by atoms with Crippen molar-refractivity contribution >= 4 is 33.2 Å². The lowest BCUT2D eigenvalue weighted by Gasteiger charge is -2.26. The fourth-order valence-electron chi connectivity index (χ4n) is 3.20. The van der Waals surface area contributed by atoms with E-state index in [2.05, 4.69) is 33.5 Å². The van der Waals surface area contributed by atoms with E-state index in [-0.39, 0.29) is 5.91 Å². The first kappa shape index (κ1) is 18.3. The standard InChI is InChI=1S/C21H20BrN3OS/c22-17-11-9-15(10-12-17)18-19(16-7-3-1-4-8-16)27-21(23-18)20(26)24-25-13-5-2-6-14-25/h1,3-4,7-12H,2,5-6,13-14H2,(H,24,26). The second-order valence-corrected chi connectivity index (χ2v) is 8.47. The van der Waals surface area contributed by atoms with Crippen LogP contribution in [0.1, 0.15) is 29.1 Å². The van der Waals surface area contributed by atoms with Crippen molar-refractivity contribution in [3.63, 3.8) is 0 Å². The Balaban J connectivity index is 1.69. The third kappa shape index (κ3) is 4.29. The van der Waals surface area contributed by atoms with E-state index in [1.165, 1.54) is 17.8 Å². The normalized spacial score (nSPS) is 14.9. The Kier molecular flexibility index (Phi) is 5.66.